The minimum Gasteiger partial charge on any atom is -0.444 e. The molecule has 0 bridgehead atoms. The van der Waals surface area contributed by atoms with Crippen molar-refractivity contribution < 1.29 is 19.1 Å². The molecule has 26 heavy (non-hydrogen) atoms. The number of nitrogens with one attached hydrogen (secondary N) is 1. The third kappa shape index (κ3) is 5.24. The molecule has 7 nitrogen and oxygen atoms in total. The van der Waals surface area contributed by atoms with E-state index in [0.717, 1.165) is 5.46 Å². The Hall–Kier alpha value is -2.51. The Balaban J connectivity index is 2.05. The number of carbonyl (C=O) groups excluding carboxylic acids is 3. The van der Waals surface area contributed by atoms with Gasteiger partial charge < -0.3 is 19.9 Å². The van der Waals surface area contributed by atoms with E-state index in [1.807, 2.05) is 34.7 Å². The fourth-order valence-corrected chi connectivity index (χ4v) is 2.73. The maximum atomic E-state index is 12.9. The quantitative estimate of drug-likeness (QED) is 0.785. The van der Waals surface area contributed by atoms with Gasteiger partial charge in [0.25, 0.3) is 5.91 Å². The molecule has 1 saturated heterocycles. The van der Waals surface area contributed by atoms with E-state index in [2.05, 4.69) is 5.32 Å². The van der Waals surface area contributed by atoms with Crippen molar-refractivity contribution in [3.8, 4) is 0 Å². The van der Waals surface area contributed by atoms with Crippen molar-refractivity contribution in [1.82, 2.24) is 9.80 Å². The van der Waals surface area contributed by atoms with Crippen LogP contribution in [0, 0.1) is 0 Å². The first-order valence-electron chi connectivity index (χ1n) is 8.72. The average Bonchev–Trinajstić information content (AvgIpc) is 2.52. The molecule has 1 heterocycles. The predicted molar refractivity (Wildman–Crippen MR) is 103 cm³/mol. The SMILES string of the molecule is Bc1ccc(C(=O)N2CCN(C(=O)OC(C)(C)C)CC2)c(NC(C)=O)c1. The van der Waals surface area contributed by atoms with Crippen LogP contribution in [0.3, 0.4) is 0 Å². The van der Waals surface area contributed by atoms with Gasteiger partial charge >= 0.3 is 6.09 Å². The molecule has 3 amide bonds. The fraction of sp³-hybridized carbons (Fsp3) is 0.500. The third-order valence-electron chi connectivity index (χ3n) is 3.93. The molecule has 0 atom stereocenters. The summed E-state index contributed by atoms with van der Waals surface area (Å²) >= 11 is 0. The normalized spacial score (nSPS) is 14.8. The van der Waals surface area contributed by atoms with Crippen molar-refractivity contribution in [3.63, 3.8) is 0 Å². The molecule has 0 saturated carbocycles. The zero-order valence-electron chi connectivity index (χ0n) is 16.1. The van der Waals surface area contributed by atoms with Crippen molar-refractivity contribution in [3.05, 3.63) is 23.8 Å². The van der Waals surface area contributed by atoms with E-state index in [1.54, 1.807) is 21.9 Å². The number of anilines is 1. The van der Waals surface area contributed by atoms with Crippen molar-refractivity contribution >= 4 is 36.9 Å². The maximum absolute atomic E-state index is 12.9. The van der Waals surface area contributed by atoms with E-state index in [-0.39, 0.29) is 17.9 Å². The van der Waals surface area contributed by atoms with Gasteiger partial charge in [-0.15, -0.1) is 0 Å². The molecule has 0 spiro atoms. The zero-order valence-corrected chi connectivity index (χ0v) is 16.1. The average molecular weight is 359 g/mol. The Kier molecular flexibility index (Phi) is 5.95. The first kappa shape index (κ1) is 19.8. The van der Waals surface area contributed by atoms with E-state index in [1.165, 1.54) is 6.92 Å². The van der Waals surface area contributed by atoms with Gasteiger partial charge in [-0.2, -0.15) is 0 Å². The van der Waals surface area contributed by atoms with Crippen molar-refractivity contribution in [1.29, 1.82) is 0 Å². The molecule has 1 aliphatic rings. The van der Waals surface area contributed by atoms with Crippen LogP contribution in [-0.2, 0) is 9.53 Å². The van der Waals surface area contributed by atoms with Crippen LogP contribution in [-0.4, -0.2) is 67.3 Å². The lowest BCUT2D eigenvalue weighted by Gasteiger charge is -2.35. The summed E-state index contributed by atoms with van der Waals surface area (Å²) in [6.07, 6.45) is -0.362. The van der Waals surface area contributed by atoms with Crippen LogP contribution in [0.2, 0.25) is 0 Å². The summed E-state index contributed by atoms with van der Waals surface area (Å²) in [5.74, 6) is -0.378. The molecule has 0 aliphatic carbocycles. The van der Waals surface area contributed by atoms with E-state index in [9.17, 15) is 14.4 Å². The van der Waals surface area contributed by atoms with E-state index < -0.39 is 5.60 Å². The van der Waals surface area contributed by atoms with Crippen LogP contribution in [0.25, 0.3) is 0 Å². The summed E-state index contributed by atoms with van der Waals surface area (Å²) in [5.41, 5.74) is 1.38. The fourth-order valence-electron chi connectivity index (χ4n) is 2.73. The molecule has 1 fully saturated rings. The van der Waals surface area contributed by atoms with Crippen LogP contribution in [0.1, 0.15) is 38.1 Å². The Morgan fingerprint density at radius 1 is 1.08 bits per heavy atom. The molecule has 1 aliphatic heterocycles. The van der Waals surface area contributed by atoms with Gasteiger partial charge in [-0.1, -0.05) is 11.5 Å². The lowest BCUT2D eigenvalue weighted by Crippen LogP contribution is -2.51. The first-order chi connectivity index (χ1) is 12.1. The molecule has 1 N–H and O–H groups in total. The predicted octanol–water partition coefficient (Wildman–Crippen LogP) is 0.596. The molecule has 0 unspecified atom stereocenters. The molecular weight excluding hydrogens is 333 g/mol. The number of hydrogen-bond acceptors (Lipinski definition) is 4. The van der Waals surface area contributed by atoms with E-state index in [0.29, 0.717) is 37.4 Å². The van der Waals surface area contributed by atoms with Gasteiger partial charge in [0.05, 0.1) is 11.3 Å². The third-order valence-corrected chi connectivity index (χ3v) is 3.93. The van der Waals surface area contributed by atoms with Crippen LogP contribution >= 0.6 is 0 Å². The van der Waals surface area contributed by atoms with E-state index in [4.69, 9.17) is 4.74 Å². The van der Waals surface area contributed by atoms with Gasteiger partial charge in [0.1, 0.15) is 13.4 Å². The number of hydrogen-bond donors (Lipinski definition) is 1. The number of rotatable bonds is 2. The number of ether oxygens (including phenoxy) is 1. The lowest BCUT2D eigenvalue weighted by molar-refractivity contribution is -0.114. The minimum atomic E-state index is -0.542. The summed E-state index contributed by atoms with van der Waals surface area (Å²) in [7, 11) is 1.90. The smallest absolute Gasteiger partial charge is 0.410 e. The zero-order chi connectivity index (χ0) is 19.5. The van der Waals surface area contributed by atoms with Gasteiger partial charge in [0.2, 0.25) is 5.91 Å². The Labute approximate surface area is 155 Å². The molecule has 0 radical (unpaired) electrons. The lowest BCUT2D eigenvalue weighted by atomic mass is 9.93. The standard InChI is InChI=1S/C18H26BN3O4/c1-12(23)20-15-11-13(19)5-6-14(15)16(24)21-7-9-22(10-8-21)17(25)26-18(2,3)4/h5-6,11H,7-10,19H2,1-4H3,(H,20,23). The molecule has 8 heteroatoms. The highest BCUT2D eigenvalue weighted by Gasteiger charge is 2.28. The van der Waals surface area contributed by atoms with Gasteiger partial charge in [-0.25, -0.2) is 4.79 Å². The van der Waals surface area contributed by atoms with Crippen LogP contribution in [0.5, 0.6) is 0 Å². The second-order valence-electron chi connectivity index (χ2n) is 7.49. The molecule has 0 aromatic heterocycles. The molecule has 1 aromatic rings. The largest absolute Gasteiger partial charge is 0.444 e. The van der Waals surface area contributed by atoms with Gasteiger partial charge in [0, 0.05) is 33.1 Å². The second-order valence-corrected chi connectivity index (χ2v) is 7.49. The summed E-state index contributed by atoms with van der Waals surface area (Å²) < 4.78 is 5.37. The van der Waals surface area contributed by atoms with Crippen LogP contribution in [0.4, 0.5) is 10.5 Å². The van der Waals surface area contributed by atoms with Crippen molar-refractivity contribution in [2.75, 3.05) is 31.5 Å². The number of piperazine rings is 1. The molecule has 1 aromatic carbocycles. The Bertz CT molecular complexity index is 707. The molecule has 140 valence electrons. The molecule has 2 rings (SSSR count). The number of nitrogens with zero attached hydrogens (tertiary/aromatic N) is 2. The molecular formula is C18H26BN3O4. The highest BCUT2D eigenvalue weighted by atomic mass is 16.6. The van der Waals surface area contributed by atoms with E-state index >= 15 is 0 Å². The highest BCUT2D eigenvalue weighted by Crippen LogP contribution is 2.18. The first-order valence-corrected chi connectivity index (χ1v) is 8.72. The second kappa shape index (κ2) is 7.80. The Morgan fingerprint density at radius 3 is 2.19 bits per heavy atom. The maximum Gasteiger partial charge on any atom is 0.410 e. The number of benzene rings is 1. The van der Waals surface area contributed by atoms with Crippen LogP contribution < -0.4 is 10.8 Å². The van der Waals surface area contributed by atoms with Crippen LogP contribution in [0.15, 0.2) is 18.2 Å². The van der Waals surface area contributed by atoms with Crippen molar-refractivity contribution in [2.45, 2.75) is 33.3 Å². The summed E-state index contributed by atoms with van der Waals surface area (Å²) in [6.45, 7) is 8.57. The topological polar surface area (TPSA) is 79.0 Å². The summed E-state index contributed by atoms with van der Waals surface area (Å²) in [4.78, 5) is 39.7. The van der Waals surface area contributed by atoms with Gasteiger partial charge in [-0.05, 0) is 32.9 Å². The van der Waals surface area contributed by atoms with Gasteiger partial charge in [0.15, 0.2) is 0 Å². The minimum absolute atomic E-state index is 0.155. The Morgan fingerprint density at radius 2 is 1.65 bits per heavy atom. The van der Waals surface area contributed by atoms with Gasteiger partial charge in [-0.3, -0.25) is 9.59 Å². The summed E-state index contributed by atoms with van der Waals surface area (Å²) in [5, 5.41) is 2.72. The number of carbonyl (C=O) groups is 3. The summed E-state index contributed by atoms with van der Waals surface area (Å²) in [6, 6.07) is 5.35. The van der Waals surface area contributed by atoms with Crippen molar-refractivity contribution in [2.24, 2.45) is 0 Å². The number of amides is 3. The highest BCUT2D eigenvalue weighted by molar-refractivity contribution is 6.33. The monoisotopic (exact) mass is 359 g/mol.